The Morgan fingerprint density at radius 3 is 2.16 bits per heavy atom. The SMILES string of the molecule is CCN(CCOc1cc(NC(=O)c2ccc(Oc3ccccc3)cc2)ccc1OC)CCOS(=O)(=O)c1ccc(C)cc1. The number of anilines is 1. The Kier molecular flexibility index (Phi) is 11.2. The summed E-state index contributed by atoms with van der Waals surface area (Å²) in [6.45, 7) is 5.83. The van der Waals surface area contributed by atoms with Gasteiger partial charge in [0.15, 0.2) is 11.5 Å². The van der Waals surface area contributed by atoms with Crippen LogP contribution in [0.15, 0.2) is 102 Å². The zero-order valence-corrected chi connectivity index (χ0v) is 25.3. The fraction of sp³-hybridized carbons (Fsp3) is 0.242. The van der Waals surface area contributed by atoms with E-state index in [0.717, 1.165) is 5.56 Å². The molecule has 0 atom stereocenters. The van der Waals surface area contributed by atoms with Crippen LogP contribution in [0.2, 0.25) is 0 Å². The zero-order valence-electron chi connectivity index (χ0n) is 24.5. The number of carbonyl (C=O) groups is 1. The quantitative estimate of drug-likeness (QED) is 0.161. The average Bonchev–Trinajstić information content (AvgIpc) is 3.01. The van der Waals surface area contributed by atoms with Gasteiger partial charge in [0.25, 0.3) is 16.0 Å². The van der Waals surface area contributed by atoms with Crippen LogP contribution < -0.4 is 19.5 Å². The molecule has 0 aliphatic rings. The van der Waals surface area contributed by atoms with Crippen molar-refractivity contribution in [1.82, 2.24) is 4.90 Å². The lowest BCUT2D eigenvalue weighted by Crippen LogP contribution is -2.32. The van der Waals surface area contributed by atoms with Gasteiger partial charge in [0.2, 0.25) is 0 Å². The smallest absolute Gasteiger partial charge is 0.297 e. The van der Waals surface area contributed by atoms with E-state index in [2.05, 4.69) is 5.32 Å². The lowest BCUT2D eigenvalue weighted by molar-refractivity contribution is 0.102. The van der Waals surface area contributed by atoms with E-state index in [4.69, 9.17) is 18.4 Å². The molecule has 0 bridgehead atoms. The summed E-state index contributed by atoms with van der Waals surface area (Å²) in [4.78, 5) is 15.0. The second kappa shape index (κ2) is 15.2. The molecule has 4 aromatic rings. The zero-order chi connectivity index (χ0) is 30.7. The number of methoxy groups -OCH3 is 1. The number of hydrogen-bond acceptors (Lipinski definition) is 8. The van der Waals surface area contributed by atoms with Crippen molar-refractivity contribution in [2.45, 2.75) is 18.7 Å². The molecule has 226 valence electrons. The van der Waals surface area contributed by atoms with E-state index in [-0.39, 0.29) is 17.4 Å². The third-order valence-electron chi connectivity index (χ3n) is 6.58. The molecule has 0 fully saturated rings. The molecule has 0 heterocycles. The van der Waals surface area contributed by atoms with Crippen LogP contribution in [0, 0.1) is 6.92 Å². The van der Waals surface area contributed by atoms with Gasteiger partial charge in [-0.05, 0) is 74.1 Å². The van der Waals surface area contributed by atoms with Gasteiger partial charge in [-0.15, -0.1) is 0 Å². The third kappa shape index (κ3) is 9.31. The van der Waals surface area contributed by atoms with Crippen molar-refractivity contribution in [1.29, 1.82) is 0 Å². The number of ether oxygens (including phenoxy) is 3. The first kappa shape index (κ1) is 31.6. The molecule has 0 aliphatic heterocycles. The van der Waals surface area contributed by atoms with Crippen LogP contribution in [-0.2, 0) is 14.3 Å². The van der Waals surface area contributed by atoms with Gasteiger partial charge in [-0.1, -0.05) is 42.8 Å². The molecule has 10 heteroatoms. The van der Waals surface area contributed by atoms with Crippen LogP contribution in [-0.4, -0.2) is 59.2 Å². The number of benzene rings is 4. The van der Waals surface area contributed by atoms with Crippen LogP contribution in [0.1, 0.15) is 22.8 Å². The largest absolute Gasteiger partial charge is 0.493 e. The summed E-state index contributed by atoms with van der Waals surface area (Å²) in [6, 6.07) is 28.0. The Hall–Kier alpha value is -4.38. The summed E-state index contributed by atoms with van der Waals surface area (Å²) in [5.41, 5.74) is 2.00. The first-order chi connectivity index (χ1) is 20.8. The number of rotatable bonds is 15. The monoisotopic (exact) mass is 604 g/mol. The molecular formula is C33H36N2O7S. The molecule has 0 spiro atoms. The van der Waals surface area contributed by atoms with Crippen molar-refractivity contribution in [2.24, 2.45) is 0 Å². The molecule has 0 aromatic heterocycles. The van der Waals surface area contributed by atoms with E-state index in [1.54, 1.807) is 61.7 Å². The minimum atomic E-state index is -3.82. The third-order valence-corrected chi connectivity index (χ3v) is 7.91. The summed E-state index contributed by atoms with van der Waals surface area (Å²) in [5, 5.41) is 2.89. The molecule has 0 saturated carbocycles. The van der Waals surface area contributed by atoms with Crippen molar-refractivity contribution in [3.05, 3.63) is 108 Å². The van der Waals surface area contributed by atoms with E-state index in [1.165, 1.54) is 12.1 Å². The number of carbonyl (C=O) groups excluding carboxylic acids is 1. The van der Waals surface area contributed by atoms with E-state index >= 15 is 0 Å². The second-order valence-corrected chi connectivity index (χ2v) is 11.2. The van der Waals surface area contributed by atoms with E-state index in [9.17, 15) is 13.2 Å². The number of aryl methyl sites for hydroxylation is 1. The average molecular weight is 605 g/mol. The van der Waals surface area contributed by atoms with Crippen LogP contribution in [0.3, 0.4) is 0 Å². The van der Waals surface area contributed by atoms with Gasteiger partial charge in [-0.2, -0.15) is 8.42 Å². The van der Waals surface area contributed by atoms with Gasteiger partial charge in [-0.25, -0.2) is 0 Å². The first-order valence-electron chi connectivity index (χ1n) is 13.9. The number of likely N-dealkylation sites (N-methyl/N-ethyl adjacent to an activating group) is 1. The normalized spacial score (nSPS) is 11.3. The molecule has 1 N–H and O–H groups in total. The van der Waals surface area contributed by atoms with Crippen molar-refractivity contribution in [3.8, 4) is 23.0 Å². The lowest BCUT2D eigenvalue weighted by atomic mass is 10.2. The standard InChI is InChI=1S/C33H36N2O7S/c1-4-35(21-23-41-43(37,38)30-17-10-25(2)11-18-30)20-22-40-32-24-27(14-19-31(32)39-3)34-33(36)26-12-15-29(16-13-26)42-28-8-6-5-7-9-28/h5-19,24H,4,20-23H2,1-3H3,(H,34,36). The van der Waals surface area contributed by atoms with Crippen molar-refractivity contribution < 1.29 is 31.6 Å². The fourth-order valence-corrected chi connectivity index (χ4v) is 5.03. The highest BCUT2D eigenvalue weighted by molar-refractivity contribution is 7.86. The van der Waals surface area contributed by atoms with Crippen LogP contribution in [0.25, 0.3) is 0 Å². The highest BCUT2D eigenvalue weighted by Crippen LogP contribution is 2.30. The molecule has 0 radical (unpaired) electrons. The van der Waals surface area contributed by atoms with Crippen molar-refractivity contribution in [3.63, 3.8) is 0 Å². The van der Waals surface area contributed by atoms with Gasteiger partial charge in [0.1, 0.15) is 18.1 Å². The predicted molar refractivity (Wildman–Crippen MR) is 166 cm³/mol. The Bertz CT molecular complexity index is 1580. The number of para-hydroxylation sites is 1. The molecule has 9 nitrogen and oxygen atoms in total. The van der Waals surface area contributed by atoms with E-state index in [1.807, 2.05) is 49.1 Å². The van der Waals surface area contributed by atoms with Crippen molar-refractivity contribution >= 4 is 21.7 Å². The Balaban J connectivity index is 1.28. The maximum Gasteiger partial charge on any atom is 0.297 e. The van der Waals surface area contributed by atoms with E-state index in [0.29, 0.717) is 60.5 Å². The van der Waals surface area contributed by atoms with Gasteiger partial charge in [-0.3, -0.25) is 13.9 Å². The molecule has 4 rings (SSSR count). The molecule has 0 saturated heterocycles. The molecule has 4 aromatic carbocycles. The molecule has 0 aliphatic carbocycles. The van der Waals surface area contributed by atoms with Crippen LogP contribution >= 0.6 is 0 Å². The minimum Gasteiger partial charge on any atom is -0.493 e. The maximum atomic E-state index is 12.9. The van der Waals surface area contributed by atoms with Crippen LogP contribution in [0.4, 0.5) is 5.69 Å². The summed E-state index contributed by atoms with van der Waals surface area (Å²) < 4.78 is 47.4. The van der Waals surface area contributed by atoms with Gasteiger partial charge < -0.3 is 19.5 Å². The van der Waals surface area contributed by atoms with Gasteiger partial charge in [0, 0.05) is 30.4 Å². The first-order valence-corrected chi connectivity index (χ1v) is 15.3. The summed E-state index contributed by atoms with van der Waals surface area (Å²) in [6.07, 6.45) is 0. The van der Waals surface area contributed by atoms with Crippen molar-refractivity contribution in [2.75, 3.05) is 45.3 Å². The topological polar surface area (TPSA) is 103 Å². The van der Waals surface area contributed by atoms with Gasteiger partial charge in [0.05, 0.1) is 18.6 Å². The van der Waals surface area contributed by atoms with Gasteiger partial charge >= 0.3 is 0 Å². The molecular weight excluding hydrogens is 568 g/mol. The second-order valence-electron chi connectivity index (χ2n) is 9.63. The summed E-state index contributed by atoms with van der Waals surface area (Å²) in [7, 11) is -2.27. The summed E-state index contributed by atoms with van der Waals surface area (Å²) in [5.74, 6) is 2.06. The molecule has 1 amide bonds. The highest BCUT2D eigenvalue weighted by Gasteiger charge is 2.16. The predicted octanol–water partition coefficient (Wildman–Crippen LogP) is 6.15. The number of nitrogens with one attached hydrogen (secondary N) is 1. The Labute approximate surface area is 253 Å². The number of amides is 1. The number of hydrogen-bond donors (Lipinski definition) is 1. The Morgan fingerprint density at radius 1 is 0.814 bits per heavy atom. The lowest BCUT2D eigenvalue weighted by Gasteiger charge is -2.21. The maximum absolute atomic E-state index is 12.9. The van der Waals surface area contributed by atoms with E-state index < -0.39 is 10.1 Å². The highest BCUT2D eigenvalue weighted by atomic mass is 32.2. The summed E-state index contributed by atoms with van der Waals surface area (Å²) >= 11 is 0. The minimum absolute atomic E-state index is 0.0221. The Morgan fingerprint density at radius 2 is 1.49 bits per heavy atom. The molecule has 43 heavy (non-hydrogen) atoms. The number of nitrogens with zero attached hydrogens (tertiary/aromatic N) is 1. The molecule has 0 unspecified atom stereocenters. The fourth-order valence-electron chi connectivity index (χ4n) is 4.13. The van der Waals surface area contributed by atoms with Crippen LogP contribution in [0.5, 0.6) is 23.0 Å².